The molecule has 0 saturated carbocycles. The molecule has 4 rings (SSSR count). The van der Waals surface area contributed by atoms with Gasteiger partial charge in [0.2, 0.25) is 0 Å². The van der Waals surface area contributed by atoms with Gasteiger partial charge in [0.1, 0.15) is 11.4 Å². The maximum absolute atomic E-state index is 12.8. The molecule has 3 heterocycles. The van der Waals surface area contributed by atoms with Crippen LogP contribution in [-0.4, -0.2) is 30.7 Å². The van der Waals surface area contributed by atoms with Crippen molar-refractivity contribution in [1.82, 2.24) is 19.7 Å². The number of phenols is 1. The number of phenolic OH excluding ortho intramolecular Hbond substituents is 1. The molecule has 1 aromatic carbocycles. The second-order valence-electron chi connectivity index (χ2n) is 5.95. The summed E-state index contributed by atoms with van der Waals surface area (Å²) in [6, 6.07) is 6.75. The van der Waals surface area contributed by atoms with Crippen molar-refractivity contribution < 1.29 is 9.90 Å². The van der Waals surface area contributed by atoms with Gasteiger partial charge < -0.3 is 10.0 Å². The highest BCUT2D eigenvalue weighted by Crippen LogP contribution is 2.39. The van der Waals surface area contributed by atoms with Crippen LogP contribution >= 0.6 is 22.9 Å². The zero-order valence-corrected chi connectivity index (χ0v) is 15.0. The zero-order chi connectivity index (χ0) is 17.6. The van der Waals surface area contributed by atoms with Crippen LogP contribution in [0.1, 0.15) is 32.7 Å². The van der Waals surface area contributed by atoms with Crippen LogP contribution < -0.4 is 0 Å². The van der Waals surface area contributed by atoms with Gasteiger partial charge in [0.15, 0.2) is 0 Å². The van der Waals surface area contributed by atoms with E-state index >= 15 is 0 Å². The summed E-state index contributed by atoms with van der Waals surface area (Å²) in [7, 11) is 1.84. The second-order valence-corrected chi connectivity index (χ2v) is 7.24. The molecule has 1 amide bonds. The lowest BCUT2D eigenvalue weighted by atomic mass is 10.1. The van der Waals surface area contributed by atoms with E-state index in [2.05, 4.69) is 10.1 Å². The van der Waals surface area contributed by atoms with Crippen molar-refractivity contribution >= 4 is 28.8 Å². The average Bonchev–Trinajstić information content (AvgIpc) is 3.25. The van der Waals surface area contributed by atoms with Crippen LogP contribution in [0.4, 0.5) is 0 Å². The SMILES string of the molecule is Cn1ncc(Cl)c1CC1c2scnc2C(=O)N1Cc1ccc(O)cc1. The van der Waals surface area contributed by atoms with Gasteiger partial charge in [0.25, 0.3) is 5.91 Å². The Morgan fingerprint density at radius 1 is 1.32 bits per heavy atom. The molecule has 6 nitrogen and oxygen atoms in total. The molecule has 25 heavy (non-hydrogen) atoms. The maximum Gasteiger partial charge on any atom is 0.274 e. The summed E-state index contributed by atoms with van der Waals surface area (Å²) in [4.78, 5) is 19.8. The molecule has 1 N–H and O–H groups in total. The topological polar surface area (TPSA) is 71.2 Å². The molecule has 2 aromatic heterocycles. The molecule has 0 saturated heterocycles. The number of thiazole rings is 1. The van der Waals surface area contributed by atoms with Crippen molar-refractivity contribution in [3.8, 4) is 5.75 Å². The van der Waals surface area contributed by atoms with E-state index in [4.69, 9.17) is 11.6 Å². The molecular formula is C17H15ClN4O2S. The van der Waals surface area contributed by atoms with Gasteiger partial charge in [-0.3, -0.25) is 9.48 Å². The van der Waals surface area contributed by atoms with Crippen molar-refractivity contribution in [1.29, 1.82) is 0 Å². The van der Waals surface area contributed by atoms with E-state index in [1.54, 1.807) is 28.5 Å². The van der Waals surface area contributed by atoms with Crippen molar-refractivity contribution in [3.05, 3.63) is 62.8 Å². The third kappa shape index (κ3) is 2.79. The van der Waals surface area contributed by atoms with Crippen LogP contribution in [0.15, 0.2) is 36.0 Å². The minimum atomic E-state index is -0.128. The molecule has 0 fully saturated rings. The van der Waals surface area contributed by atoms with Gasteiger partial charge in [0.05, 0.1) is 33.3 Å². The Bertz CT molecular complexity index is 915. The molecule has 1 unspecified atom stereocenters. The molecule has 0 spiro atoms. The predicted molar refractivity (Wildman–Crippen MR) is 94.8 cm³/mol. The summed E-state index contributed by atoms with van der Waals surface area (Å²) >= 11 is 7.75. The van der Waals surface area contributed by atoms with Gasteiger partial charge in [-0.05, 0) is 17.7 Å². The van der Waals surface area contributed by atoms with E-state index in [9.17, 15) is 9.90 Å². The van der Waals surface area contributed by atoms with Crippen LogP contribution in [0.25, 0.3) is 0 Å². The van der Waals surface area contributed by atoms with E-state index in [0.717, 1.165) is 16.1 Å². The molecule has 3 aromatic rings. The molecular weight excluding hydrogens is 360 g/mol. The third-order valence-electron chi connectivity index (χ3n) is 4.42. The van der Waals surface area contributed by atoms with E-state index in [1.807, 2.05) is 24.1 Å². The molecule has 1 aliphatic heterocycles. The Hall–Kier alpha value is -2.38. The fraction of sp³-hybridized carbons (Fsp3) is 0.235. The normalized spacial score (nSPS) is 16.5. The summed E-state index contributed by atoms with van der Waals surface area (Å²) in [5.74, 6) is 0.128. The van der Waals surface area contributed by atoms with Crippen molar-refractivity contribution in [2.24, 2.45) is 7.05 Å². The van der Waals surface area contributed by atoms with Gasteiger partial charge in [0, 0.05) is 20.0 Å². The Kier molecular flexibility index (Phi) is 3.97. The summed E-state index contributed by atoms with van der Waals surface area (Å²) in [6.07, 6.45) is 2.19. The number of rotatable bonds is 4. The number of halogens is 1. The van der Waals surface area contributed by atoms with Crippen molar-refractivity contribution in [2.75, 3.05) is 0 Å². The largest absolute Gasteiger partial charge is 0.508 e. The summed E-state index contributed by atoms with van der Waals surface area (Å²) in [5, 5.41) is 14.2. The number of carbonyl (C=O) groups excluding carboxylic acids is 1. The van der Waals surface area contributed by atoms with Crippen LogP contribution in [0.5, 0.6) is 5.75 Å². The molecule has 0 radical (unpaired) electrons. The maximum atomic E-state index is 12.8. The van der Waals surface area contributed by atoms with E-state index < -0.39 is 0 Å². The lowest BCUT2D eigenvalue weighted by Gasteiger charge is -2.25. The predicted octanol–water partition coefficient (Wildman–Crippen LogP) is 3.18. The fourth-order valence-corrected chi connectivity index (χ4v) is 4.24. The molecule has 0 aliphatic carbocycles. The van der Waals surface area contributed by atoms with Gasteiger partial charge >= 0.3 is 0 Å². The van der Waals surface area contributed by atoms with Crippen LogP contribution in [0.2, 0.25) is 5.02 Å². The highest BCUT2D eigenvalue weighted by molar-refractivity contribution is 7.10. The number of amides is 1. The van der Waals surface area contributed by atoms with E-state index in [0.29, 0.717) is 23.7 Å². The molecule has 128 valence electrons. The molecule has 1 atom stereocenters. The van der Waals surface area contributed by atoms with Crippen molar-refractivity contribution in [3.63, 3.8) is 0 Å². The van der Waals surface area contributed by atoms with Crippen LogP contribution in [0.3, 0.4) is 0 Å². The average molecular weight is 375 g/mol. The van der Waals surface area contributed by atoms with Crippen LogP contribution in [-0.2, 0) is 20.0 Å². The van der Waals surface area contributed by atoms with E-state index in [-0.39, 0.29) is 17.7 Å². The standard InChI is InChI=1S/C17H15ClN4O2S/c1-21-13(12(18)7-20-21)6-14-16-15(19-9-25-16)17(24)22(14)8-10-2-4-11(23)5-3-10/h2-5,7,9,14,23H,6,8H2,1H3. The lowest BCUT2D eigenvalue weighted by molar-refractivity contribution is 0.0704. The lowest BCUT2D eigenvalue weighted by Crippen LogP contribution is -2.29. The van der Waals surface area contributed by atoms with Crippen molar-refractivity contribution in [2.45, 2.75) is 19.0 Å². The highest BCUT2D eigenvalue weighted by Gasteiger charge is 2.40. The molecule has 0 bridgehead atoms. The Balaban J connectivity index is 1.67. The number of aryl methyl sites for hydroxylation is 1. The highest BCUT2D eigenvalue weighted by atomic mass is 35.5. The summed E-state index contributed by atoms with van der Waals surface area (Å²) in [6.45, 7) is 0.447. The Labute approximate surface area is 153 Å². The van der Waals surface area contributed by atoms with Gasteiger partial charge in [-0.25, -0.2) is 4.98 Å². The van der Waals surface area contributed by atoms with Crippen LogP contribution in [0, 0.1) is 0 Å². The third-order valence-corrected chi connectivity index (χ3v) is 5.67. The number of aromatic nitrogens is 3. The Morgan fingerprint density at radius 3 is 2.76 bits per heavy atom. The van der Waals surface area contributed by atoms with Gasteiger partial charge in [-0.15, -0.1) is 11.3 Å². The monoisotopic (exact) mass is 374 g/mol. The number of benzene rings is 1. The zero-order valence-electron chi connectivity index (χ0n) is 13.4. The number of nitrogens with zero attached hydrogens (tertiary/aromatic N) is 4. The first-order valence-corrected chi connectivity index (χ1v) is 8.99. The Morgan fingerprint density at radius 2 is 2.08 bits per heavy atom. The number of hydrogen-bond acceptors (Lipinski definition) is 5. The first kappa shape index (κ1) is 16.1. The fourth-order valence-electron chi connectivity index (χ4n) is 3.10. The summed E-state index contributed by atoms with van der Waals surface area (Å²) < 4.78 is 1.74. The minimum absolute atomic E-state index is 0.0763. The minimum Gasteiger partial charge on any atom is -0.508 e. The smallest absolute Gasteiger partial charge is 0.274 e. The first-order valence-electron chi connectivity index (χ1n) is 7.73. The summed E-state index contributed by atoms with van der Waals surface area (Å²) in [5.41, 5.74) is 4.06. The van der Waals surface area contributed by atoms with E-state index in [1.165, 1.54) is 11.3 Å². The quantitative estimate of drug-likeness (QED) is 0.761. The van der Waals surface area contributed by atoms with Gasteiger partial charge in [-0.1, -0.05) is 23.7 Å². The number of aromatic hydroxyl groups is 1. The first-order chi connectivity index (χ1) is 12.0. The number of hydrogen-bond donors (Lipinski definition) is 1. The number of fused-ring (bicyclic) bond motifs is 1. The number of carbonyl (C=O) groups is 1. The second kappa shape index (κ2) is 6.16. The molecule has 1 aliphatic rings. The molecule has 8 heteroatoms. The van der Waals surface area contributed by atoms with Gasteiger partial charge in [-0.2, -0.15) is 5.10 Å².